The summed E-state index contributed by atoms with van der Waals surface area (Å²) < 4.78 is 28.7. The number of amides is 1. The average molecular weight is 413 g/mol. The summed E-state index contributed by atoms with van der Waals surface area (Å²) in [6, 6.07) is 6.48. The van der Waals surface area contributed by atoms with Crippen LogP contribution in [-0.2, 0) is 14.8 Å². The fourth-order valence-electron chi connectivity index (χ4n) is 4.16. The summed E-state index contributed by atoms with van der Waals surface area (Å²) in [6.45, 7) is 4.67. The van der Waals surface area contributed by atoms with E-state index in [4.69, 9.17) is 5.73 Å². The standard InChI is InChI=1S/C18H24N4O3S.ClH/c1-18(11-19)8-10-21(12-18)17(23)14-6-4-9-22(14)16-13-5-2-3-7-15(13)26(24,25)20-16;/h2-3,5,7,14H,4,6,8-12,19H2,1H3;1H. The number of benzene rings is 1. The van der Waals surface area contributed by atoms with Crippen molar-refractivity contribution in [1.29, 1.82) is 0 Å². The first-order valence-electron chi connectivity index (χ1n) is 9.05. The number of amidine groups is 1. The summed E-state index contributed by atoms with van der Waals surface area (Å²) in [5.74, 6) is 0.474. The molecule has 9 heteroatoms. The van der Waals surface area contributed by atoms with E-state index >= 15 is 0 Å². The molecule has 0 spiro atoms. The first-order valence-corrected chi connectivity index (χ1v) is 10.5. The van der Waals surface area contributed by atoms with Crippen LogP contribution in [0.15, 0.2) is 33.6 Å². The van der Waals surface area contributed by atoms with Crippen molar-refractivity contribution in [2.75, 3.05) is 26.2 Å². The lowest BCUT2D eigenvalue weighted by Crippen LogP contribution is -2.47. The molecule has 2 atom stereocenters. The van der Waals surface area contributed by atoms with Crippen molar-refractivity contribution in [2.45, 2.75) is 37.1 Å². The number of fused-ring (bicyclic) bond motifs is 1. The van der Waals surface area contributed by atoms with E-state index in [2.05, 4.69) is 11.3 Å². The van der Waals surface area contributed by atoms with Crippen molar-refractivity contribution in [2.24, 2.45) is 15.5 Å². The number of carbonyl (C=O) groups is 1. The number of rotatable bonds is 2. The third-order valence-electron chi connectivity index (χ3n) is 5.78. The Bertz CT molecular complexity index is 888. The van der Waals surface area contributed by atoms with Gasteiger partial charge in [0.05, 0.1) is 0 Å². The highest BCUT2D eigenvalue weighted by Crippen LogP contribution is 2.34. The van der Waals surface area contributed by atoms with Gasteiger partial charge in [0, 0.05) is 25.2 Å². The van der Waals surface area contributed by atoms with E-state index in [1.165, 1.54) is 0 Å². The largest absolute Gasteiger partial charge is 0.343 e. The molecule has 27 heavy (non-hydrogen) atoms. The van der Waals surface area contributed by atoms with Crippen LogP contribution in [0.5, 0.6) is 0 Å². The van der Waals surface area contributed by atoms with Gasteiger partial charge in [-0.25, -0.2) is 0 Å². The number of halogens is 1. The van der Waals surface area contributed by atoms with E-state index in [9.17, 15) is 13.2 Å². The normalized spacial score (nSPS) is 28.7. The highest BCUT2D eigenvalue weighted by atomic mass is 35.5. The topological polar surface area (TPSA) is 96.1 Å². The third kappa shape index (κ3) is 3.34. The molecule has 1 amide bonds. The van der Waals surface area contributed by atoms with Gasteiger partial charge in [-0.1, -0.05) is 19.1 Å². The lowest BCUT2D eigenvalue weighted by molar-refractivity contribution is -0.134. The first kappa shape index (κ1) is 20.1. The van der Waals surface area contributed by atoms with Crippen LogP contribution in [0.2, 0.25) is 0 Å². The Kier molecular flexibility index (Phi) is 5.26. The third-order valence-corrected chi connectivity index (χ3v) is 7.11. The molecule has 3 heterocycles. The van der Waals surface area contributed by atoms with Gasteiger partial charge in [0.25, 0.3) is 10.0 Å². The highest BCUT2D eigenvalue weighted by Gasteiger charge is 2.43. The van der Waals surface area contributed by atoms with Gasteiger partial charge in [-0.3, -0.25) is 4.79 Å². The second-order valence-electron chi connectivity index (χ2n) is 7.76. The van der Waals surface area contributed by atoms with Gasteiger partial charge >= 0.3 is 0 Å². The van der Waals surface area contributed by atoms with Gasteiger partial charge < -0.3 is 15.5 Å². The molecule has 1 aromatic rings. The molecule has 0 saturated carbocycles. The predicted molar refractivity (Wildman–Crippen MR) is 105 cm³/mol. The van der Waals surface area contributed by atoms with Crippen LogP contribution in [0.4, 0.5) is 0 Å². The lowest BCUT2D eigenvalue weighted by Gasteiger charge is -2.30. The van der Waals surface area contributed by atoms with E-state index in [0.29, 0.717) is 37.6 Å². The van der Waals surface area contributed by atoms with E-state index in [1.807, 2.05) is 9.80 Å². The molecule has 1 aromatic carbocycles. The molecule has 0 aliphatic carbocycles. The number of hydrogen-bond acceptors (Lipinski definition) is 5. The zero-order valence-electron chi connectivity index (χ0n) is 15.3. The van der Waals surface area contributed by atoms with Gasteiger partial charge in [-0.2, -0.15) is 8.42 Å². The number of nitrogens with two attached hydrogens (primary N) is 1. The van der Waals surface area contributed by atoms with Gasteiger partial charge in [-0.15, -0.1) is 16.8 Å². The van der Waals surface area contributed by atoms with Crippen LogP contribution in [-0.4, -0.2) is 62.2 Å². The quantitative estimate of drug-likeness (QED) is 0.787. The molecule has 3 aliphatic rings. The van der Waals surface area contributed by atoms with Crippen LogP contribution < -0.4 is 5.73 Å². The minimum absolute atomic E-state index is 0. The summed E-state index contributed by atoms with van der Waals surface area (Å²) >= 11 is 0. The molecule has 2 unspecified atom stereocenters. The zero-order chi connectivity index (χ0) is 18.5. The Morgan fingerprint density at radius 1 is 1.33 bits per heavy atom. The molecule has 0 aromatic heterocycles. The lowest BCUT2D eigenvalue weighted by atomic mass is 9.90. The smallest absolute Gasteiger partial charge is 0.285 e. The van der Waals surface area contributed by atoms with Crippen LogP contribution in [0.25, 0.3) is 0 Å². The molecule has 2 saturated heterocycles. The Morgan fingerprint density at radius 3 is 2.78 bits per heavy atom. The maximum atomic E-state index is 13.1. The Labute approximate surface area is 166 Å². The van der Waals surface area contributed by atoms with Crippen molar-refractivity contribution in [3.63, 3.8) is 0 Å². The minimum Gasteiger partial charge on any atom is -0.343 e. The molecular weight excluding hydrogens is 388 g/mol. The van der Waals surface area contributed by atoms with E-state index in [1.54, 1.807) is 24.3 Å². The van der Waals surface area contributed by atoms with E-state index < -0.39 is 10.0 Å². The zero-order valence-corrected chi connectivity index (χ0v) is 16.9. The maximum absolute atomic E-state index is 13.1. The summed E-state index contributed by atoms with van der Waals surface area (Å²) in [5.41, 5.74) is 6.43. The average Bonchev–Trinajstić information content (AvgIpc) is 3.32. The number of nitrogens with zero attached hydrogens (tertiary/aromatic N) is 3. The van der Waals surface area contributed by atoms with E-state index in [-0.39, 0.29) is 34.7 Å². The molecule has 148 valence electrons. The number of carbonyl (C=O) groups excluding carboxylic acids is 1. The van der Waals surface area contributed by atoms with Crippen molar-refractivity contribution >= 4 is 34.2 Å². The van der Waals surface area contributed by atoms with Crippen LogP contribution in [0.1, 0.15) is 31.7 Å². The number of sulfonamides is 1. The van der Waals surface area contributed by atoms with Gasteiger partial charge in [0.2, 0.25) is 5.91 Å². The maximum Gasteiger partial charge on any atom is 0.285 e. The number of likely N-dealkylation sites (tertiary alicyclic amines) is 2. The first-order chi connectivity index (χ1) is 12.3. The van der Waals surface area contributed by atoms with Crippen molar-refractivity contribution in [1.82, 2.24) is 9.80 Å². The molecular formula is C18H25ClN4O3S. The Hall–Kier alpha value is -1.64. The van der Waals surface area contributed by atoms with Crippen LogP contribution in [0, 0.1) is 5.41 Å². The molecule has 3 aliphatic heterocycles. The van der Waals surface area contributed by atoms with Crippen molar-refractivity contribution in [3.05, 3.63) is 29.8 Å². The summed E-state index contributed by atoms with van der Waals surface area (Å²) in [6.07, 6.45) is 2.47. The minimum atomic E-state index is -3.68. The molecule has 7 nitrogen and oxygen atoms in total. The number of hydrogen-bond donors (Lipinski definition) is 1. The van der Waals surface area contributed by atoms with Gasteiger partial charge in [0.1, 0.15) is 10.9 Å². The molecule has 0 bridgehead atoms. The monoisotopic (exact) mass is 412 g/mol. The SMILES string of the molecule is CC1(CN)CCN(C(=O)C2CCCN2C2=NS(=O)(=O)c3ccccc32)C1.Cl. The van der Waals surface area contributed by atoms with Gasteiger partial charge in [0.15, 0.2) is 5.84 Å². The molecule has 2 N–H and O–H groups in total. The second kappa shape index (κ2) is 7.07. The van der Waals surface area contributed by atoms with E-state index in [0.717, 1.165) is 19.3 Å². The fourth-order valence-corrected chi connectivity index (χ4v) is 5.38. The fraction of sp³-hybridized carbons (Fsp3) is 0.556. The van der Waals surface area contributed by atoms with Gasteiger partial charge in [-0.05, 0) is 43.4 Å². The molecule has 2 fully saturated rings. The Balaban J connectivity index is 0.00000210. The molecule has 0 radical (unpaired) electrons. The van der Waals surface area contributed by atoms with Crippen LogP contribution in [0.3, 0.4) is 0 Å². The van der Waals surface area contributed by atoms with Crippen molar-refractivity contribution in [3.8, 4) is 0 Å². The predicted octanol–water partition coefficient (Wildman–Crippen LogP) is 1.22. The van der Waals surface area contributed by atoms with Crippen molar-refractivity contribution < 1.29 is 13.2 Å². The summed E-state index contributed by atoms with van der Waals surface area (Å²) in [4.78, 5) is 17.1. The molecule has 4 rings (SSSR count). The summed E-state index contributed by atoms with van der Waals surface area (Å²) in [7, 11) is -3.68. The van der Waals surface area contributed by atoms with Crippen LogP contribution >= 0.6 is 12.4 Å². The second-order valence-corrected chi connectivity index (χ2v) is 9.33. The summed E-state index contributed by atoms with van der Waals surface area (Å²) in [5, 5.41) is 0. The highest BCUT2D eigenvalue weighted by molar-refractivity contribution is 7.90. The Morgan fingerprint density at radius 2 is 2.07 bits per heavy atom.